The lowest BCUT2D eigenvalue weighted by Crippen LogP contribution is -1.91. The van der Waals surface area contributed by atoms with Gasteiger partial charge >= 0.3 is 0 Å². The molecule has 3 nitrogen and oxygen atoms in total. The minimum Gasteiger partial charge on any atom is -0.206 e. The van der Waals surface area contributed by atoms with Gasteiger partial charge in [-0.1, -0.05) is 36.4 Å². The number of rotatable bonds is 2. The van der Waals surface area contributed by atoms with Gasteiger partial charge < -0.3 is 0 Å². The van der Waals surface area contributed by atoms with E-state index in [1.165, 1.54) is 12.1 Å². The van der Waals surface area contributed by atoms with E-state index in [4.69, 9.17) is 5.26 Å². The average molecular weight is 275 g/mol. The van der Waals surface area contributed by atoms with E-state index in [2.05, 4.69) is 10.2 Å². The molecule has 0 N–H and O–H groups in total. The van der Waals surface area contributed by atoms with Crippen molar-refractivity contribution >= 4 is 0 Å². The Balaban J connectivity index is 2.07. The topological polar surface area (TPSA) is 49.6 Å². The molecule has 100 valence electrons. The van der Waals surface area contributed by atoms with Crippen molar-refractivity contribution in [2.75, 3.05) is 0 Å². The van der Waals surface area contributed by atoms with E-state index in [0.29, 0.717) is 0 Å². The zero-order chi connectivity index (χ0) is 14.7. The summed E-state index contributed by atoms with van der Waals surface area (Å²) in [7, 11) is 0. The van der Waals surface area contributed by atoms with Crippen molar-refractivity contribution in [1.29, 1.82) is 5.26 Å². The molecule has 0 aliphatic rings. The smallest absolute Gasteiger partial charge is 0.140 e. The lowest BCUT2D eigenvalue weighted by atomic mass is 10.0. The van der Waals surface area contributed by atoms with Gasteiger partial charge in [-0.3, -0.25) is 0 Å². The highest BCUT2D eigenvalue weighted by Gasteiger charge is 2.07. The van der Waals surface area contributed by atoms with Crippen molar-refractivity contribution in [1.82, 2.24) is 10.2 Å². The zero-order valence-electron chi connectivity index (χ0n) is 11.0. The quantitative estimate of drug-likeness (QED) is 0.714. The van der Waals surface area contributed by atoms with Crippen LogP contribution in [0.2, 0.25) is 0 Å². The summed E-state index contributed by atoms with van der Waals surface area (Å²) >= 11 is 0. The number of nitriles is 1. The summed E-state index contributed by atoms with van der Waals surface area (Å²) in [6, 6.07) is 17.8. The Morgan fingerprint density at radius 1 is 0.905 bits per heavy atom. The predicted octanol–water partition coefficient (Wildman–Crippen LogP) is 3.82. The predicted molar refractivity (Wildman–Crippen MR) is 77.6 cm³/mol. The lowest BCUT2D eigenvalue weighted by molar-refractivity contribution is 0.624. The van der Waals surface area contributed by atoms with E-state index in [-0.39, 0.29) is 5.56 Å². The van der Waals surface area contributed by atoms with E-state index in [9.17, 15) is 4.39 Å². The van der Waals surface area contributed by atoms with Crippen LogP contribution in [0.4, 0.5) is 4.39 Å². The summed E-state index contributed by atoms with van der Waals surface area (Å²) in [6.07, 6.45) is 1.60. The van der Waals surface area contributed by atoms with Crippen molar-refractivity contribution in [2.24, 2.45) is 0 Å². The van der Waals surface area contributed by atoms with Gasteiger partial charge in [-0.05, 0) is 23.8 Å². The summed E-state index contributed by atoms with van der Waals surface area (Å²) in [5.74, 6) is -0.522. The number of aromatic nitrogens is 2. The normalized spacial score (nSPS) is 10.1. The number of benzene rings is 2. The molecule has 0 atom stereocenters. The number of halogens is 1. The highest BCUT2D eigenvalue weighted by atomic mass is 19.1. The highest BCUT2D eigenvalue weighted by Crippen LogP contribution is 2.25. The third kappa shape index (κ3) is 2.63. The molecule has 0 bridgehead atoms. The Kier molecular flexibility index (Phi) is 3.40. The molecule has 0 saturated carbocycles. The molecule has 0 fully saturated rings. The Bertz CT molecular complexity index is 823. The molecule has 4 heteroatoms. The first-order valence-electron chi connectivity index (χ1n) is 6.36. The maximum atomic E-state index is 13.4. The Morgan fingerprint density at radius 3 is 2.48 bits per heavy atom. The molecule has 0 aliphatic carbocycles. The fraction of sp³-hybridized carbons (Fsp3) is 0. The standard InChI is InChI=1S/C17H10FN3/c18-16-7-6-13(8-14(16)10-19)15-9-17(21-20-11-15)12-4-2-1-3-5-12/h1-9,11H. The van der Waals surface area contributed by atoms with Crippen molar-refractivity contribution in [3.8, 4) is 28.5 Å². The van der Waals surface area contributed by atoms with Crippen molar-refractivity contribution in [2.45, 2.75) is 0 Å². The van der Waals surface area contributed by atoms with Crippen LogP contribution in [-0.4, -0.2) is 10.2 Å². The van der Waals surface area contributed by atoms with E-state index in [1.807, 2.05) is 42.5 Å². The van der Waals surface area contributed by atoms with Crippen LogP contribution in [0.3, 0.4) is 0 Å². The molecule has 0 aliphatic heterocycles. The first kappa shape index (κ1) is 12.9. The first-order chi connectivity index (χ1) is 10.3. The van der Waals surface area contributed by atoms with Gasteiger partial charge in [-0.15, -0.1) is 0 Å². The average Bonchev–Trinajstić information content (AvgIpc) is 2.56. The maximum absolute atomic E-state index is 13.4. The molecule has 21 heavy (non-hydrogen) atoms. The van der Waals surface area contributed by atoms with Gasteiger partial charge in [0.2, 0.25) is 0 Å². The minimum atomic E-state index is -0.522. The Morgan fingerprint density at radius 2 is 1.71 bits per heavy atom. The van der Waals surface area contributed by atoms with Crippen molar-refractivity contribution in [3.63, 3.8) is 0 Å². The van der Waals surface area contributed by atoms with Crippen molar-refractivity contribution in [3.05, 3.63) is 72.2 Å². The third-order valence-corrected chi connectivity index (χ3v) is 3.14. The molecule has 1 aromatic heterocycles. The van der Waals surface area contributed by atoms with Gasteiger partial charge in [-0.25, -0.2) is 4.39 Å². The second kappa shape index (κ2) is 5.51. The van der Waals surface area contributed by atoms with Crippen molar-refractivity contribution < 1.29 is 4.39 Å². The van der Waals surface area contributed by atoms with Crippen LogP contribution in [0.1, 0.15) is 5.56 Å². The summed E-state index contributed by atoms with van der Waals surface area (Å²) in [4.78, 5) is 0. The second-order valence-corrected chi connectivity index (χ2v) is 4.50. The molecule has 1 heterocycles. The van der Waals surface area contributed by atoms with Gasteiger partial charge in [0.1, 0.15) is 11.9 Å². The maximum Gasteiger partial charge on any atom is 0.140 e. The van der Waals surface area contributed by atoms with Gasteiger partial charge in [0, 0.05) is 11.1 Å². The molecule has 0 unspecified atom stereocenters. The van der Waals surface area contributed by atoms with Crippen LogP contribution in [0.15, 0.2) is 60.8 Å². The molecule has 3 aromatic rings. The molecule has 3 rings (SSSR count). The largest absolute Gasteiger partial charge is 0.206 e. The molecule has 0 saturated heterocycles. The van der Waals surface area contributed by atoms with E-state index in [0.717, 1.165) is 22.4 Å². The van der Waals surface area contributed by atoms with Crippen LogP contribution >= 0.6 is 0 Å². The number of nitrogens with zero attached hydrogens (tertiary/aromatic N) is 3. The summed E-state index contributed by atoms with van der Waals surface area (Å²) in [6.45, 7) is 0. The Hall–Kier alpha value is -3.06. The molecule has 0 radical (unpaired) electrons. The van der Waals surface area contributed by atoms with Gasteiger partial charge in [0.25, 0.3) is 0 Å². The molecule has 0 amide bonds. The molecular weight excluding hydrogens is 265 g/mol. The van der Waals surface area contributed by atoms with E-state index >= 15 is 0 Å². The van der Waals surface area contributed by atoms with Gasteiger partial charge in [0.15, 0.2) is 0 Å². The monoisotopic (exact) mass is 275 g/mol. The number of hydrogen-bond acceptors (Lipinski definition) is 3. The molecule has 2 aromatic carbocycles. The second-order valence-electron chi connectivity index (χ2n) is 4.50. The highest BCUT2D eigenvalue weighted by molar-refractivity contribution is 5.70. The van der Waals surface area contributed by atoms with E-state index < -0.39 is 5.82 Å². The summed E-state index contributed by atoms with van der Waals surface area (Å²) in [5.41, 5.74) is 3.23. The van der Waals surface area contributed by atoms with Gasteiger partial charge in [0.05, 0.1) is 17.5 Å². The van der Waals surface area contributed by atoms with Gasteiger partial charge in [-0.2, -0.15) is 15.5 Å². The first-order valence-corrected chi connectivity index (χ1v) is 6.36. The summed E-state index contributed by atoms with van der Waals surface area (Å²) in [5, 5.41) is 17.0. The molecular formula is C17H10FN3. The van der Waals surface area contributed by atoms with E-state index in [1.54, 1.807) is 12.3 Å². The summed E-state index contributed by atoms with van der Waals surface area (Å²) < 4.78 is 13.4. The minimum absolute atomic E-state index is 0.0190. The SMILES string of the molecule is N#Cc1cc(-c2cnnc(-c3ccccc3)c2)ccc1F. The zero-order valence-corrected chi connectivity index (χ0v) is 11.0. The Labute approximate surface area is 121 Å². The number of hydrogen-bond donors (Lipinski definition) is 0. The van der Waals surface area contributed by atoms with Crippen LogP contribution in [0.25, 0.3) is 22.4 Å². The van der Waals surface area contributed by atoms with Crippen LogP contribution in [0.5, 0.6) is 0 Å². The molecule has 0 spiro atoms. The third-order valence-electron chi connectivity index (χ3n) is 3.14. The fourth-order valence-corrected chi connectivity index (χ4v) is 2.07. The van der Waals surface area contributed by atoms with Crippen LogP contribution in [0, 0.1) is 17.1 Å². The lowest BCUT2D eigenvalue weighted by Gasteiger charge is -2.05. The fourth-order valence-electron chi connectivity index (χ4n) is 2.07. The van der Waals surface area contributed by atoms with Crippen LogP contribution < -0.4 is 0 Å². The van der Waals surface area contributed by atoms with Crippen LogP contribution in [-0.2, 0) is 0 Å².